The summed E-state index contributed by atoms with van der Waals surface area (Å²) in [6.07, 6.45) is 1.98. The highest BCUT2D eigenvalue weighted by Crippen LogP contribution is 2.43. The van der Waals surface area contributed by atoms with Crippen molar-refractivity contribution < 1.29 is 0 Å². The maximum absolute atomic E-state index is 5.32. The van der Waals surface area contributed by atoms with Gasteiger partial charge < -0.3 is 4.57 Å². The molecular weight excluding hydrogens is 643 g/mol. The third kappa shape index (κ3) is 4.61. The highest BCUT2D eigenvalue weighted by atomic mass is 15.0. The van der Waals surface area contributed by atoms with E-state index in [1.807, 2.05) is 6.20 Å². The monoisotopic (exact) mass is 673 g/mol. The van der Waals surface area contributed by atoms with Crippen LogP contribution in [0.4, 0.5) is 0 Å². The van der Waals surface area contributed by atoms with Crippen LogP contribution >= 0.6 is 0 Å². The van der Waals surface area contributed by atoms with E-state index >= 15 is 0 Å². The van der Waals surface area contributed by atoms with Crippen LogP contribution in [-0.2, 0) is 0 Å². The molecule has 0 aliphatic rings. The molecule has 3 heteroatoms. The van der Waals surface area contributed by atoms with Crippen molar-refractivity contribution in [2.24, 2.45) is 0 Å². The van der Waals surface area contributed by atoms with E-state index in [9.17, 15) is 0 Å². The van der Waals surface area contributed by atoms with Crippen LogP contribution < -0.4 is 0 Å². The molecule has 3 heterocycles. The van der Waals surface area contributed by atoms with Gasteiger partial charge in [0.1, 0.15) is 0 Å². The maximum atomic E-state index is 5.32. The smallest absolute Gasteiger partial charge is 0.0794 e. The largest absolute Gasteiger partial charge is 0.309 e. The first-order valence-electron chi connectivity index (χ1n) is 18.1. The number of aromatic nitrogens is 3. The molecule has 0 atom stereocenters. The summed E-state index contributed by atoms with van der Waals surface area (Å²) in [6.45, 7) is 0. The number of nitrogens with zero attached hydrogens (tertiary/aromatic N) is 3. The van der Waals surface area contributed by atoms with Gasteiger partial charge in [0.25, 0.3) is 0 Å². The van der Waals surface area contributed by atoms with Gasteiger partial charge in [-0.25, -0.2) is 4.98 Å². The molecule has 0 radical (unpaired) electrons. The zero-order chi connectivity index (χ0) is 34.9. The van der Waals surface area contributed by atoms with Gasteiger partial charge in [-0.15, -0.1) is 0 Å². The molecule has 0 aliphatic heterocycles. The molecule has 11 rings (SSSR count). The van der Waals surface area contributed by atoms with Crippen LogP contribution in [-0.4, -0.2) is 14.5 Å². The van der Waals surface area contributed by atoms with E-state index in [0.29, 0.717) is 0 Å². The van der Waals surface area contributed by atoms with Gasteiger partial charge in [-0.1, -0.05) is 146 Å². The van der Waals surface area contributed by atoms with Gasteiger partial charge in [0.15, 0.2) is 0 Å². The summed E-state index contributed by atoms with van der Waals surface area (Å²) in [6, 6.07) is 65.1. The average molecular weight is 674 g/mol. The minimum Gasteiger partial charge on any atom is -0.309 e. The van der Waals surface area contributed by atoms with Crippen LogP contribution in [0.2, 0.25) is 0 Å². The summed E-state index contributed by atoms with van der Waals surface area (Å²) in [5.74, 6) is 0. The molecule has 0 aliphatic carbocycles. The van der Waals surface area contributed by atoms with Gasteiger partial charge in [0, 0.05) is 55.5 Å². The van der Waals surface area contributed by atoms with Crippen LogP contribution in [0, 0.1) is 0 Å². The number of hydrogen-bond acceptors (Lipinski definition) is 2. The molecule has 3 nitrogen and oxygen atoms in total. The fourth-order valence-electron chi connectivity index (χ4n) is 8.37. The predicted octanol–water partition coefficient (Wildman–Crippen LogP) is 13.2. The van der Waals surface area contributed by atoms with Crippen molar-refractivity contribution in [1.29, 1.82) is 0 Å². The molecule has 0 bridgehead atoms. The Bertz CT molecular complexity index is 3140. The van der Waals surface area contributed by atoms with Crippen LogP contribution in [0.25, 0.3) is 104 Å². The SMILES string of the molecule is c1ccc2c(c1)nc(-c1ccc(-c3ccc(-c4ccc(-n5c6ccccc6c6ccccc65)cc4)nc3)cc1)c1c3ccccc3c3ccccc3c21. The Kier molecular flexibility index (Phi) is 6.55. The molecule has 0 spiro atoms. The summed E-state index contributed by atoms with van der Waals surface area (Å²) < 4.78 is 2.34. The van der Waals surface area contributed by atoms with Gasteiger partial charge in [-0.05, 0) is 63.5 Å². The number of rotatable bonds is 4. The number of benzene rings is 8. The van der Waals surface area contributed by atoms with Gasteiger partial charge in [-0.3, -0.25) is 4.98 Å². The van der Waals surface area contributed by atoms with Crippen LogP contribution in [0.15, 0.2) is 188 Å². The van der Waals surface area contributed by atoms with Crippen LogP contribution in [0.1, 0.15) is 0 Å². The molecule has 0 amide bonds. The summed E-state index contributed by atoms with van der Waals surface area (Å²) in [5, 5.41) is 11.2. The van der Waals surface area contributed by atoms with Crippen molar-refractivity contribution in [3.05, 3.63) is 188 Å². The normalized spacial score (nSPS) is 11.8. The van der Waals surface area contributed by atoms with E-state index in [2.05, 4.69) is 187 Å². The lowest BCUT2D eigenvalue weighted by Gasteiger charge is -2.16. The third-order valence-electron chi connectivity index (χ3n) is 10.8. The van der Waals surface area contributed by atoms with Gasteiger partial charge in [-0.2, -0.15) is 0 Å². The van der Waals surface area contributed by atoms with Crippen molar-refractivity contribution >= 4 is 65.0 Å². The molecule has 0 N–H and O–H groups in total. The van der Waals surface area contributed by atoms with Gasteiger partial charge >= 0.3 is 0 Å². The number of para-hydroxylation sites is 3. The van der Waals surface area contributed by atoms with Gasteiger partial charge in [0.2, 0.25) is 0 Å². The van der Waals surface area contributed by atoms with E-state index in [1.165, 1.54) is 59.5 Å². The third-order valence-corrected chi connectivity index (χ3v) is 10.8. The molecular formula is C50H31N3. The Labute approximate surface area is 306 Å². The fourth-order valence-corrected chi connectivity index (χ4v) is 8.37. The van der Waals surface area contributed by atoms with E-state index < -0.39 is 0 Å². The Morgan fingerprint density at radius 2 is 0.830 bits per heavy atom. The fraction of sp³-hybridized carbons (Fsp3) is 0. The lowest BCUT2D eigenvalue weighted by Crippen LogP contribution is -1.94. The summed E-state index contributed by atoms with van der Waals surface area (Å²) in [7, 11) is 0. The van der Waals surface area contributed by atoms with Crippen LogP contribution in [0.5, 0.6) is 0 Å². The highest BCUT2D eigenvalue weighted by Gasteiger charge is 2.18. The average Bonchev–Trinajstić information content (AvgIpc) is 3.58. The summed E-state index contributed by atoms with van der Waals surface area (Å²) >= 11 is 0. The molecule has 8 aromatic carbocycles. The molecule has 53 heavy (non-hydrogen) atoms. The maximum Gasteiger partial charge on any atom is 0.0794 e. The van der Waals surface area contributed by atoms with Crippen molar-refractivity contribution in [2.45, 2.75) is 0 Å². The number of pyridine rings is 2. The predicted molar refractivity (Wildman–Crippen MR) is 223 cm³/mol. The lowest BCUT2D eigenvalue weighted by molar-refractivity contribution is 1.18. The Morgan fingerprint density at radius 1 is 0.340 bits per heavy atom. The first-order chi connectivity index (χ1) is 26.3. The quantitative estimate of drug-likeness (QED) is 0.174. The van der Waals surface area contributed by atoms with E-state index in [0.717, 1.165) is 44.8 Å². The van der Waals surface area contributed by atoms with Crippen molar-refractivity contribution in [2.75, 3.05) is 0 Å². The second-order valence-electron chi connectivity index (χ2n) is 13.7. The summed E-state index contributed by atoms with van der Waals surface area (Å²) in [4.78, 5) is 10.2. The van der Waals surface area contributed by atoms with Crippen molar-refractivity contribution in [1.82, 2.24) is 14.5 Å². The van der Waals surface area contributed by atoms with Crippen molar-refractivity contribution in [3.8, 4) is 39.3 Å². The molecule has 0 unspecified atom stereocenters. The standard InChI is InChI=1S/C50H31N3/c1-3-15-41-37(11-1)38-12-2-4-16-42(38)49-48(41)43-17-5-8-18-45(43)52-50(49)34-23-21-32(22-24-34)35-27-30-44(51-31-35)33-25-28-36(29-26-33)53-46-19-9-6-13-39(46)40-14-7-10-20-47(40)53/h1-31H. The first-order valence-corrected chi connectivity index (χ1v) is 18.1. The molecule has 246 valence electrons. The lowest BCUT2D eigenvalue weighted by atomic mass is 9.90. The van der Waals surface area contributed by atoms with Crippen molar-refractivity contribution in [3.63, 3.8) is 0 Å². The minimum atomic E-state index is 0.949. The Morgan fingerprint density at radius 3 is 1.45 bits per heavy atom. The van der Waals surface area contributed by atoms with E-state index in [-0.39, 0.29) is 0 Å². The zero-order valence-electron chi connectivity index (χ0n) is 28.7. The molecule has 0 saturated carbocycles. The number of hydrogen-bond donors (Lipinski definition) is 0. The molecule has 3 aromatic heterocycles. The number of fused-ring (bicyclic) bond motifs is 11. The van der Waals surface area contributed by atoms with Crippen LogP contribution in [0.3, 0.4) is 0 Å². The second-order valence-corrected chi connectivity index (χ2v) is 13.7. The summed E-state index contributed by atoms with van der Waals surface area (Å²) in [5.41, 5.74) is 10.9. The van der Waals surface area contributed by atoms with Gasteiger partial charge in [0.05, 0.1) is 27.9 Å². The topological polar surface area (TPSA) is 30.7 Å². The molecule has 0 saturated heterocycles. The van der Waals surface area contributed by atoms with E-state index in [4.69, 9.17) is 9.97 Å². The first kappa shape index (κ1) is 29.6. The molecule has 0 fully saturated rings. The zero-order valence-corrected chi connectivity index (χ0v) is 28.7. The Balaban J connectivity index is 0.954. The molecule has 11 aromatic rings. The Hall–Kier alpha value is -7.10. The highest BCUT2D eigenvalue weighted by molar-refractivity contribution is 6.33. The second kappa shape index (κ2) is 11.7. The van der Waals surface area contributed by atoms with E-state index in [1.54, 1.807) is 0 Å². The minimum absolute atomic E-state index is 0.949.